The number of carbonyl (C=O) groups is 2. The van der Waals surface area contributed by atoms with Crippen molar-refractivity contribution in [3.63, 3.8) is 0 Å². The van der Waals surface area contributed by atoms with E-state index in [1.165, 1.54) is 6.20 Å². The summed E-state index contributed by atoms with van der Waals surface area (Å²) in [5, 5.41) is 4.07. The van der Waals surface area contributed by atoms with Gasteiger partial charge < -0.3 is 20.6 Å². The highest BCUT2D eigenvalue weighted by atomic mass is 16.5. The average molecular weight is 330 g/mol. The Kier molecular flexibility index (Phi) is 5.27. The number of aldehydes is 1. The summed E-state index contributed by atoms with van der Waals surface area (Å²) in [5.41, 5.74) is 6.08. The van der Waals surface area contributed by atoms with Crippen molar-refractivity contribution in [2.75, 3.05) is 17.4 Å². The highest BCUT2D eigenvalue weighted by Gasteiger charge is 2.17. The molecule has 1 amide bonds. The van der Waals surface area contributed by atoms with Crippen molar-refractivity contribution in [1.29, 1.82) is 0 Å². The van der Waals surface area contributed by atoms with Crippen LogP contribution in [0.4, 0.5) is 17.5 Å². The quantitative estimate of drug-likeness (QED) is 0.381. The number of hydrogen-bond donors (Lipinski definition) is 3. The van der Waals surface area contributed by atoms with Gasteiger partial charge in [0.05, 0.1) is 7.11 Å². The van der Waals surface area contributed by atoms with Gasteiger partial charge in [-0.25, -0.2) is 10.8 Å². The molecule has 0 fully saturated rings. The zero-order chi connectivity index (χ0) is 17.7. The van der Waals surface area contributed by atoms with Crippen LogP contribution in [-0.2, 0) is 4.79 Å². The fourth-order valence-corrected chi connectivity index (χ4v) is 1.86. The van der Waals surface area contributed by atoms with Crippen LogP contribution in [0.15, 0.2) is 30.5 Å². The first-order chi connectivity index (χ1) is 11.5. The van der Waals surface area contributed by atoms with Crippen molar-refractivity contribution in [3.05, 3.63) is 36.0 Å². The topological polar surface area (TPSA) is 136 Å². The maximum absolute atomic E-state index is 11.6. The summed E-state index contributed by atoms with van der Waals surface area (Å²) in [7, 11) is 1.55. The first kappa shape index (κ1) is 17.2. The molecule has 1 aromatic carbocycles. The fourth-order valence-electron chi connectivity index (χ4n) is 1.86. The Morgan fingerprint density at radius 3 is 2.83 bits per heavy atom. The number of hydrazine groups is 1. The number of anilines is 3. The molecule has 0 radical (unpaired) electrons. The zero-order valence-corrected chi connectivity index (χ0v) is 13.3. The second-order valence-electron chi connectivity index (χ2n) is 4.94. The predicted octanol–water partition coefficient (Wildman–Crippen LogP) is 0.595. The Labute approximate surface area is 138 Å². The van der Waals surface area contributed by atoms with Crippen LogP contribution < -0.4 is 26.6 Å². The molecule has 0 saturated heterocycles. The molecule has 0 unspecified atom stereocenters. The van der Waals surface area contributed by atoms with Gasteiger partial charge in [-0.1, -0.05) is 6.07 Å². The first-order valence-corrected chi connectivity index (χ1v) is 7.03. The van der Waals surface area contributed by atoms with Crippen molar-refractivity contribution < 1.29 is 14.3 Å². The number of nitrogens with zero attached hydrogens (tertiary/aromatic N) is 3. The molecule has 2 aromatic rings. The SMILES string of the molecule is COc1cccc(Nc2nc(N(N)[C@H](C)C=O)ncc2C(N)=O)c1. The summed E-state index contributed by atoms with van der Waals surface area (Å²) in [4.78, 5) is 30.6. The minimum Gasteiger partial charge on any atom is -0.497 e. The van der Waals surface area contributed by atoms with Gasteiger partial charge in [0.25, 0.3) is 5.91 Å². The summed E-state index contributed by atoms with van der Waals surface area (Å²) in [5.74, 6) is 5.98. The normalized spacial score (nSPS) is 11.5. The summed E-state index contributed by atoms with van der Waals surface area (Å²) >= 11 is 0. The smallest absolute Gasteiger partial charge is 0.254 e. The van der Waals surface area contributed by atoms with Crippen LogP contribution in [0, 0.1) is 0 Å². The lowest BCUT2D eigenvalue weighted by Crippen LogP contribution is -2.41. The van der Waals surface area contributed by atoms with E-state index in [1.54, 1.807) is 38.3 Å². The van der Waals surface area contributed by atoms with E-state index in [-0.39, 0.29) is 17.3 Å². The van der Waals surface area contributed by atoms with Crippen LogP contribution in [0.1, 0.15) is 17.3 Å². The molecular formula is C15H18N6O3. The molecule has 9 nitrogen and oxygen atoms in total. The Morgan fingerprint density at radius 2 is 2.21 bits per heavy atom. The van der Waals surface area contributed by atoms with E-state index in [0.717, 1.165) is 5.01 Å². The lowest BCUT2D eigenvalue weighted by atomic mass is 10.2. The predicted molar refractivity (Wildman–Crippen MR) is 89.0 cm³/mol. The summed E-state index contributed by atoms with van der Waals surface area (Å²) in [6, 6.07) is 6.41. The number of carbonyl (C=O) groups excluding carboxylic acids is 2. The van der Waals surface area contributed by atoms with Crippen molar-refractivity contribution in [2.45, 2.75) is 13.0 Å². The number of rotatable bonds is 7. The number of amides is 1. The number of ether oxygens (including phenoxy) is 1. The highest BCUT2D eigenvalue weighted by Crippen LogP contribution is 2.23. The molecule has 0 spiro atoms. The summed E-state index contributed by atoms with van der Waals surface area (Å²) < 4.78 is 5.15. The number of nitrogens with two attached hydrogens (primary N) is 2. The molecule has 0 aliphatic carbocycles. The highest BCUT2D eigenvalue weighted by molar-refractivity contribution is 5.98. The van der Waals surface area contributed by atoms with Gasteiger partial charge in [0.2, 0.25) is 5.95 Å². The second kappa shape index (κ2) is 7.38. The Morgan fingerprint density at radius 1 is 1.46 bits per heavy atom. The molecule has 0 bridgehead atoms. The third-order valence-electron chi connectivity index (χ3n) is 3.24. The summed E-state index contributed by atoms with van der Waals surface area (Å²) in [6.45, 7) is 1.59. The fraction of sp³-hybridized carbons (Fsp3) is 0.200. The number of hydrogen-bond acceptors (Lipinski definition) is 8. The minimum atomic E-state index is -0.695. The molecule has 1 atom stereocenters. The average Bonchev–Trinajstić information content (AvgIpc) is 2.60. The monoisotopic (exact) mass is 330 g/mol. The zero-order valence-electron chi connectivity index (χ0n) is 13.3. The number of aromatic nitrogens is 2. The van der Waals surface area contributed by atoms with Crippen molar-refractivity contribution in [1.82, 2.24) is 9.97 Å². The van der Waals surface area contributed by atoms with Crippen molar-refractivity contribution in [3.8, 4) is 5.75 Å². The molecule has 24 heavy (non-hydrogen) atoms. The molecule has 9 heteroatoms. The van der Waals surface area contributed by atoms with Gasteiger partial charge in [0.1, 0.15) is 29.5 Å². The largest absolute Gasteiger partial charge is 0.497 e. The van der Waals surface area contributed by atoms with Gasteiger partial charge >= 0.3 is 0 Å². The molecule has 0 aliphatic heterocycles. The maximum Gasteiger partial charge on any atom is 0.254 e. The van der Waals surface area contributed by atoms with Gasteiger partial charge in [-0.2, -0.15) is 4.98 Å². The van der Waals surface area contributed by atoms with Crippen LogP contribution >= 0.6 is 0 Å². The standard InChI is InChI=1S/C15H18N6O3/c1-9(8-22)21(17)15-18-7-12(13(16)23)14(20-15)19-10-4-3-5-11(6-10)24-2/h3-9H,17H2,1-2H3,(H2,16,23)(H,18,19,20)/t9-/m1/s1. The van der Waals surface area contributed by atoms with Crippen LogP contribution in [0.25, 0.3) is 0 Å². The number of nitrogens with one attached hydrogen (secondary N) is 1. The van der Waals surface area contributed by atoms with Gasteiger partial charge in [-0.15, -0.1) is 0 Å². The van der Waals surface area contributed by atoms with E-state index < -0.39 is 11.9 Å². The summed E-state index contributed by atoms with van der Waals surface area (Å²) in [6.07, 6.45) is 1.91. The van der Waals surface area contributed by atoms with Gasteiger partial charge in [-0.3, -0.25) is 9.80 Å². The van der Waals surface area contributed by atoms with Gasteiger partial charge in [0, 0.05) is 18.0 Å². The lowest BCUT2D eigenvalue weighted by molar-refractivity contribution is -0.108. The van der Waals surface area contributed by atoms with E-state index in [4.69, 9.17) is 16.3 Å². The molecule has 126 valence electrons. The first-order valence-electron chi connectivity index (χ1n) is 7.03. The van der Waals surface area contributed by atoms with Crippen LogP contribution in [0.3, 0.4) is 0 Å². The molecule has 5 N–H and O–H groups in total. The minimum absolute atomic E-state index is 0.0741. The molecule has 0 saturated carbocycles. The third kappa shape index (κ3) is 3.76. The van der Waals surface area contributed by atoms with E-state index in [9.17, 15) is 9.59 Å². The van der Waals surface area contributed by atoms with Crippen molar-refractivity contribution in [2.24, 2.45) is 11.6 Å². The van der Waals surface area contributed by atoms with Crippen LogP contribution in [0.5, 0.6) is 5.75 Å². The Balaban J connectivity index is 2.41. The molecule has 0 aliphatic rings. The number of methoxy groups -OCH3 is 1. The molecular weight excluding hydrogens is 312 g/mol. The molecule has 2 rings (SSSR count). The third-order valence-corrected chi connectivity index (χ3v) is 3.24. The Bertz CT molecular complexity index is 752. The van der Waals surface area contributed by atoms with Gasteiger partial charge in [-0.05, 0) is 19.1 Å². The van der Waals surface area contributed by atoms with E-state index in [1.807, 2.05) is 0 Å². The van der Waals surface area contributed by atoms with E-state index in [2.05, 4.69) is 15.3 Å². The van der Waals surface area contributed by atoms with E-state index in [0.29, 0.717) is 17.7 Å². The van der Waals surface area contributed by atoms with E-state index >= 15 is 0 Å². The lowest BCUT2D eigenvalue weighted by Gasteiger charge is -2.20. The molecule has 1 aromatic heterocycles. The Hall–Kier alpha value is -3.20. The maximum atomic E-state index is 11.6. The number of benzene rings is 1. The van der Waals surface area contributed by atoms with Crippen molar-refractivity contribution >= 4 is 29.6 Å². The second-order valence-corrected chi connectivity index (χ2v) is 4.94. The van der Waals surface area contributed by atoms with Crippen LogP contribution in [0.2, 0.25) is 0 Å². The molecule has 1 heterocycles. The van der Waals surface area contributed by atoms with Crippen LogP contribution in [-0.4, -0.2) is 35.3 Å². The van der Waals surface area contributed by atoms with Gasteiger partial charge in [0.15, 0.2) is 0 Å². The number of primary amides is 1.